The zero-order valence-corrected chi connectivity index (χ0v) is 13.1. The Morgan fingerprint density at radius 2 is 1.81 bits per heavy atom. The van der Waals surface area contributed by atoms with Crippen LogP contribution in [0.2, 0.25) is 1.41 Å². The number of amides is 1. The summed E-state index contributed by atoms with van der Waals surface area (Å²) in [6.07, 6.45) is 0.0878. The van der Waals surface area contributed by atoms with Gasteiger partial charge in [0.2, 0.25) is 5.91 Å². The van der Waals surface area contributed by atoms with Crippen LogP contribution in [0.4, 0.5) is 0 Å². The highest BCUT2D eigenvalue weighted by molar-refractivity contribution is 5.87. The van der Waals surface area contributed by atoms with Gasteiger partial charge in [0.1, 0.15) is 7.45 Å². The Morgan fingerprint density at radius 1 is 1.19 bits per heavy atom. The molecule has 0 aliphatic rings. The van der Waals surface area contributed by atoms with E-state index < -0.39 is 29.9 Å². The lowest BCUT2D eigenvalue weighted by Crippen LogP contribution is -2.50. The van der Waals surface area contributed by atoms with Gasteiger partial charge in [-0.25, -0.2) is 4.79 Å². The highest BCUT2D eigenvalue weighted by Crippen LogP contribution is 2.05. The Hall–Kier alpha value is -1.63. The van der Waals surface area contributed by atoms with Crippen LogP contribution < -0.4 is 11.0 Å². The largest absolute Gasteiger partial charge is 0.466 e. The number of carbonyl (C=O) groups is 3. The maximum Gasteiger partial charge on any atom is 0.328 e. The number of esters is 2. The summed E-state index contributed by atoms with van der Waals surface area (Å²) in [5, 5.41) is 2.53. The molecular formula is C14H26N2O5. The van der Waals surface area contributed by atoms with Crippen LogP contribution in [0.25, 0.3) is 0 Å². The van der Waals surface area contributed by atoms with Gasteiger partial charge >= 0.3 is 11.9 Å². The highest BCUT2D eigenvalue weighted by Gasteiger charge is 2.26. The van der Waals surface area contributed by atoms with Gasteiger partial charge in [-0.05, 0) is 26.2 Å². The van der Waals surface area contributed by atoms with Crippen molar-refractivity contribution in [1.82, 2.24) is 5.32 Å². The number of nitrogens with two attached hydrogens (primary N) is 1. The minimum absolute atomic E-state index is 0.00174. The fourth-order valence-electron chi connectivity index (χ4n) is 1.55. The Bertz CT molecular complexity index is 376. The first-order valence-electron chi connectivity index (χ1n) is 7.67. The molecule has 0 aliphatic heterocycles. The Kier molecular flexibility index (Phi) is 8.42. The van der Waals surface area contributed by atoms with Gasteiger partial charge in [-0.2, -0.15) is 0 Å². The number of rotatable bonds is 10. The van der Waals surface area contributed by atoms with Gasteiger partial charge in [-0.15, -0.1) is 0 Å². The monoisotopic (exact) mass is 303 g/mol. The first-order chi connectivity index (χ1) is 10.4. The van der Waals surface area contributed by atoms with Crippen molar-refractivity contribution in [2.24, 2.45) is 11.6 Å². The molecule has 0 spiro atoms. The molecule has 0 rings (SSSR count). The summed E-state index contributed by atoms with van der Waals surface area (Å²) in [5.41, 5.74) is 2.16. The molecule has 0 aliphatic carbocycles. The number of nitrogens with one attached hydrogen (secondary N) is 1. The van der Waals surface area contributed by atoms with E-state index >= 15 is 0 Å². The van der Waals surface area contributed by atoms with E-state index in [4.69, 9.17) is 10.9 Å². The molecule has 3 N–H and O–H groups in total. The Labute approximate surface area is 127 Å². The van der Waals surface area contributed by atoms with E-state index in [9.17, 15) is 14.4 Å². The minimum atomic E-state index is -0.938. The third-order valence-electron chi connectivity index (χ3n) is 2.78. The molecule has 0 radical (unpaired) electrons. The van der Waals surface area contributed by atoms with E-state index in [1.54, 1.807) is 27.7 Å². The van der Waals surface area contributed by atoms with Crippen molar-refractivity contribution in [3.63, 3.8) is 0 Å². The third kappa shape index (κ3) is 7.65. The first-order valence-corrected chi connectivity index (χ1v) is 7.17. The van der Waals surface area contributed by atoms with Gasteiger partial charge in [-0.3, -0.25) is 9.59 Å². The molecule has 0 aromatic rings. The number of carbonyl (C=O) groups excluding carboxylic acids is 3. The first kappa shape index (κ1) is 17.4. The average Bonchev–Trinajstić information content (AvgIpc) is 2.44. The van der Waals surface area contributed by atoms with Gasteiger partial charge < -0.3 is 20.5 Å². The predicted octanol–water partition coefficient (Wildman–Crippen LogP) is 0.361. The molecule has 0 saturated carbocycles. The summed E-state index contributed by atoms with van der Waals surface area (Å²) < 4.78 is 16.9. The fourth-order valence-corrected chi connectivity index (χ4v) is 1.55. The molecule has 0 aromatic carbocycles. The van der Waals surface area contributed by atoms with Crippen LogP contribution >= 0.6 is 0 Å². The predicted molar refractivity (Wildman–Crippen MR) is 77.2 cm³/mol. The molecule has 0 fully saturated rings. The molecule has 21 heavy (non-hydrogen) atoms. The van der Waals surface area contributed by atoms with Crippen LogP contribution in [0.3, 0.4) is 0 Å². The molecule has 0 unspecified atom stereocenters. The zero-order chi connectivity index (χ0) is 17.1. The third-order valence-corrected chi connectivity index (χ3v) is 2.78. The van der Waals surface area contributed by atoms with Crippen LogP contribution in [-0.4, -0.2) is 43.1 Å². The van der Waals surface area contributed by atoms with Crippen molar-refractivity contribution in [3.8, 4) is 0 Å². The van der Waals surface area contributed by atoms with Gasteiger partial charge in [0.25, 0.3) is 0 Å². The van der Waals surface area contributed by atoms with Crippen LogP contribution in [0, 0.1) is 5.92 Å². The van der Waals surface area contributed by atoms with E-state index in [-0.39, 0.29) is 32.0 Å². The zero-order valence-electron chi connectivity index (χ0n) is 14.1. The molecule has 0 bridgehead atoms. The molecule has 0 aromatic heterocycles. The summed E-state index contributed by atoms with van der Waals surface area (Å²) in [5.74, 6) is -1.64. The van der Waals surface area contributed by atoms with Crippen LogP contribution in [0.15, 0.2) is 0 Å². The van der Waals surface area contributed by atoms with Gasteiger partial charge in [0.15, 0.2) is 0 Å². The number of hydrogen-bond donors (Lipinski definition) is 2. The minimum Gasteiger partial charge on any atom is -0.466 e. The smallest absolute Gasteiger partial charge is 0.328 e. The molecule has 2 atom stereocenters. The van der Waals surface area contributed by atoms with Crippen molar-refractivity contribution in [3.05, 3.63) is 0 Å². The van der Waals surface area contributed by atoms with Gasteiger partial charge in [0, 0.05) is 6.42 Å². The second-order valence-corrected chi connectivity index (χ2v) is 4.88. The van der Waals surface area contributed by atoms with E-state index in [1.165, 1.54) is 0 Å². The summed E-state index contributed by atoms with van der Waals surface area (Å²) in [7, 11) is 0. The quantitative estimate of drug-likeness (QED) is 0.564. The SMILES string of the molecule is [2H]N[C@H](C(=O)N[C@@H](CCC(=O)OCC)C(=O)OCC)C(C)C. The van der Waals surface area contributed by atoms with Crippen molar-refractivity contribution in [2.45, 2.75) is 52.6 Å². The maximum absolute atomic E-state index is 12.1. The number of ether oxygens (including phenoxy) is 2. The molecule has 7 nitrogen and oxygen atoms in total. The van der Waals surface area contributed by atoms with Crippen molar-refractivity contribution >= 4 is 17.8 Å². The van der Waals surface area contributed by atoms with Crippen LogP contribution in [0.1, 0.15) is 40.5 Å². The second-order valence-electron chi connectivity index (χ2n) is 4.88. The average molecular weight is 303 g/mol. The van der Waals surface area contributed by atoms with E-state index in [1.807, 2.05) is 0 Å². The summed E-state index contributed by atoms with van der Waals surface area (Å²) in [6.45, 7) is 7.34. The van der Waals surface area contributed by atoms with E-state index in [0.29, 0.717) is 0 Å². The topological polar surface area (TPSA) is 108 Å². The van der Waals surface area contributed by atoms with Crippen LogP contribution in [-0.2, 0) is 23.9 Å². The lowest BCUT2D eigenvalue weighted by Gasteiger charge is -2.21. The Balaban J connectivity index is 4.75. The molecule has 7 heteroatoms. The molecule has 0 heterocycles. The Morgan fingerprint density at radius 3 is 2.29 bits per heavy atom. The van der Waals surface area contributed by atoms with Crippen molar-refractivity contribution in [1.29, 1.82) is 0 Å². The maximum atomic E-state index is 12.1. The standard InChI is InChI=1S/C14H26N2O5/c1-5-20-11(17)8-7-10(14(19)21-6-2)16-13(18)12(15)9(3)4/h9-10,12H,5-8,15H2,1-4H3,(H,16,18)/t10-,12-/m0/s1/i/hD. The van der Waals surface area contributed by atoms with Crippen molar-refractivity contribution in [2.75, 3.05) is 13.2 Å². The highest BCUT2D eigenvalue weighted by atomic mass is 16.5. The lowest BCUT2D eigenvalue weighted by molar-refractivity contribution is -0.149. The summed E-state index contributed by atoms with van der Waals surface area (Å²) >= 11 is 0. The van der Waals surface area contributed by atoms with Crippen molar-refractivity contribution < 1.29 is 25.3 Å². The van der Waals surface area contributed by atoms with E-state index in [2.05, 4.69) is 11.0 Å². The summed E-state index contributed by atoms with van der Waals surface area (Å²) in [6, 6.07) is -1.69. The van der Waals surface area contributed by atoms with Crippen LogP contribution in [0.5, 0.6) is 0 Å². The second kappa shape index (κ2) is 10.1. The number of hydrogen-bond acceptors (Lipinski definition) is 6. The molecule has 1 amide bonds. The normalized spacial score (nSPS) is 14.0. The molecule has 0 saturated heterocycles. The fraction of sp³-hybridized carbons (Fsp3) is 0.786. The van der Waals surface area contributed by atoms with Gasteiger partial charge in [-0.1, -0.05) is 13.8 Å². The lowest BCUT2D eigenvalue weighted by atomic mass is 10.0. The van der Waals surface area contributed by atoms with Gasteiger partial charge in [0.05, 0.1) is 19.3 Å². The molecule has 122 valence electrons. The summed E-state index contributed by atoms with van der Waals surface area (Å²) in [4.78, 5) is 35.3. The van der Waals surface area contributed by atoms with E-state index in [0.717, 1.165) is 0 Å². The molecular weight excluding hydrogens is 276 g/mol.